The molecule has 0 aliphatic heterocycles. The predicted octanol–water partition coefficient (Wildman–Crippen LogP) is 5.02. The van der Waals surface area contributed by atoms with Gasteiger partial charge in [0.1, 0.15) is 23.4 Å². The molecule has 0 spiro atoms. The summed E-state index contributed by atoms with van der Waals surface area (Å²) < 4.78 is 5.42. The van der Waals surface area contributed by atoms with E-state index in [-0.39, 0.29) is 23.6 Å². The van der Waals surface area contributed by atoms with Crippen LogP contribution in [0.4, 0.5) is 10.5 Å². The standard InChI is InChI=1S/C28H37N3O5S/c1-18-8-6-7-9-22(18)29-25(33)24(19-10-14-21(32)15-11-19)31(20-12-13-20)26(34)23(16-17-37-5)30-27(35)36-28(2,3)4/h6-11,14-15,20,23-24,32H,12-13,16-17H2,1-5H3,(H,29,33)(H,30,35). The van der Waals surface area contributed by atoms with Crippen LogP contribution in [0.25, 0.3) is 0 Å². The van der Waals surface area contributed by atoms with Crippen LogP contribution in [0.5, 0.6) is 5.75 Å². The molecule has 3 amide bonds. The van der Waals surface area contributed by atoms with Gasteiger partial charge in [0, 0.05) is 11.7 Å². The van der Waals surface area contributed by atoms with Crippen molar-refractivity contribution in [1.29, 1.82) is 0 Å². The number of phenols is 1. The summed E-state index contributed by atoms with van der Waals surface area (Å²) in [7, 11) is 0. The highest BCUT2D eigenvalue weighted by atomic mass is 32.2. The smallest absolute Gasteiger partial charge is 0.408 e. The molecule has 1 aliphatic rings. The van der Waals surface area contributed by atoms with Crippen LogP contribution in [-0.2, 0) is 14.3 Å². The van der Waals surface area contributed by atoms with E-state index in [4.69, 9.17) is 4.74 Å². The van der Waals surface area contributed by atoms with E-state index in [1.54, 1.807) is 49.6 Å². The zero-order valence-corrected chi connectivity index (χ0v) is 22.9. The Hall–Kier alpha value is -3.20. The summed E-state index contributed by atoms with van der Waals surface area (Å²) in [5.41, 5.74) is 1.42. The number of benzene rings is 2. The van der Waals surface area contributed by atoms with Gasteiger partial charge < -0.3 is 25.4 Å². The Morgan fingerprint density at radius 2 is 1.76 bits per heavy atom. The van der Waals surface area contributed by atoms with Gasteiger partial charge in [-0.25, -0.2) is 4.79 Å². The normalized spacial score (nSPS) is 14.8. The third kappa shape index (κ3) is 8.15. The van der Waals surface area contributed by atoms with Gasteiger partial charge in [0.15, 0.2) is 0 Å². The number of thioether (sulfide) groups is 1. The fourth-order valence-electron chi connectivity index (χ4n) is 4.00. The Balaban J connectivity index is 1.97. The number of ether oxygens (including phenoxy) is 1. The van der Waals surface area contributed by atoms with Crippen molar-refractivity contribution in [2.75, 3.05) is 17.3 Å². The van der Waals surface area contributed by atoms with E-state index in [0.717, 1.165) is 18.4 Å². The first kappa shape index (κ1) is 28.4. The molecule has 37 heavy (non-hydrogen) atoms. The zero-order chi connectivity index (χ0) is 27.2. The van der Waals surface area contributed by atoms with E-state index in [9.17, 15) is 19.5 Å². The largest absolute Gasteiger partial charge is 0.508 e. The number of hydrogen-bond donors (Lipinski definition) is 3. The van der Waals surface area contributed by atoms with Gasteiger partial charge >= 0.3 is 6.09 Å². The number of anilines is 1. The van der Waals surface area contributed by atoms with E-state index < -0.39 is 23.8 Å². The average Bonchev–Trinajstić information content (AvgIpc) is 3.66. The van der Waals surface area contributed by atoms with Crippen molar-refractivity contribution in [3.63, 3.8) is 0 Å². The van der Waals surface area contributed by atoms with Crippen LogP contribution in [0.3, 0.4) is 0 Å². The Morgan fingerprint density at radius 1 is 1.11 bits per heavy atom. The molecule has 3 rings (SSSR count). The van der Waals surface area contributed by atoms with Crippen molar-refractivity contribution in [3.8, 4) is 5.75 Å². The molecule has 1 aliphatic carbocycles. The number of para-hydroxylation sites is 1. The van der Waals surface area contributed by atoms with E-state index in [0.29, 0.717) is 23.4 Å². The van der Waals surface area contributed by atoms with Crippen molar-refractivity contribution in [3.05, 3.63) is 59.7 Å². The number of phenolic OH excluding ortho intramolecular Hbond substituents is 1. The molecule has 2 aromatic rings. The first-order valence-corrected chi connectivity index (χ1v) is 13.9. The minimum absolute atomic E-state index is 0.0653. The molecule has 9 heteroatoms. The summed E-state index contributed by atoms with van der Waals surface area (Å²) in [5.74, 6) is 0.0152. The molecule has 2 aromatic carbocycles. The van der Waals surface area contributed by atoms with Gasteiger partial charge in [0.2, 0.25) is 5.91 Å². The minimum atomic E-state index is -0.947. The fourth-order valence-corrected chi connectivity index (χ4v) is 4.47. The van der Waals surface area contributed by atoms with Gasteiger partial charge in [-0.2, -0.15) is 11.8 Å². The van der Waals surface area contributed by atoms with Crippen molar-refractivity contribution in [2.45, 2.75) is 70.7 Å². The molecule has 0 radical (unpaired) electrons. The van der Waals surface area contributed by atoms with Crippen molar-refractivity contribution in [2.24, 2.45) is 0 Å². The average molecular weight is 528 g/mol. The Labute approximate surface area is 223 Å². The monoisotopic (exact) mass is 527 g/mol. The lowest BCUT2D eigenvalue weighted by Gasteiger charge is -2.35. The van der Waals surface area contributed by atoms with Gasteiger partial charge in [0.25, 0.3) is 5.91 Å². The second kappa shape index (κ2) is 12.4. The van der Waals surface area contributed by atoms with Crippen LogP contribution >= 0.6 is 11.8 Å². The Kier molecular flexibility index (Phi) is 9.48. The van der Waals surface area contributed by atoms with Crippen LogP contribution in [-0.4, -0.2) is 57.6 Å². The van der Waals surface area contributed by atoms with Gasteiger partial charge in [-0.05, 0) is 88.3 Å². The molecule has 1 saturated carbocycles. The molecule has 8 nitrogen and oxygen atoms in total. The summed E-state index contributed by atoms with van der Waals surface area (Å²) in [6.45, 7) is 7.19. The maximum absolute atomic E-state index is 14.1. The number of carbonyl (C=O) groups is 3. The minimum Gasteiger partial charge on any atom is -0.508 e. The van der Waals surface area contributed by atoms with E-state index in [1.165, 1.54) is 12.1 Å². The molecule has 0 aromatic heterocycles. The van der Waals surface area contributed by atoms with E-state index in [2.05, 4.69) is 10.6 Å². The lowest BCUT2D eigenvalue weighted by atomic mass is 10.0. The first-order valence-electron chi connectivity index (χ1n) is 12.5. The number of aromatic hydroxyl groups is 1. The molecule has 2 unspecified atom stereocenters. The third-order valence-corrected chi connectivity index (χ3v) is 6.58. The van der Waals surface area contributed by atoms with Crippen LogP contribution in [0.2, 0.25) is 0 Å². The second-order valence-corrected chi connectivity index (χ2v) is 11.2. The van der Waals surface area contributed by atoms with Crippen LogP contribution < -0.4 is 10.6 Å². The molecule has 0 saturated heterocycles. The predicted molar refractivity (Wildman–Crippen MR) is 147 cm³/mol. The van der Waals surface area contributed by atoms with Crippen molar-refractivity contribution >= 4 is 35.4 Å². The van der Waals surface area contributed by atoms with Crippen LogP contribution in [0, 0.1) is 6.92 Å². The van der Waals surface area contributed by atoms with Crippen molar-refractivity contribution in [1.82, 2.24) is 10.2 Å². The molecule has 3 N–H and O–H groups in total. The highest BCUT2D eigenvalue weighted by Crippen LogP contribution is 2.37. The van der Waals surface area contributed by atoms with Gasteiger partial charge in [-0.15, -0.1) is 0 Å². The highest BCUT2D eigenvalue weighted by molar-refractivity contribution is 7.98. The Morgan fingerprint density at radius 3 is 2.32 bits per heavy atom. The van der Waals surface area contributed by atoms with E-state index in [1.807, 2.05) is 37.4 Å². The number of nitrogens with one attached hydrogen (secondary N) is 2. The molecule has 2 atom stereocenters. The summed E-state index contributed by atoms with van der Waals surface area (Å²) in [5, 5.41) is 15.6. The molecule has 1 fully saturated rings. The SMILES string of the molecule is CSCCC(NC(=O)OC(C)(C)C)C(=O)N(C1CC1)C(C(=O)Nc1ccccc1C)c1ccc(O)cc1. The number of rotatable bonds is 10. The quantitative estimate of drug-likeness (QED) is 0.401. The topological polar surface area (TPSA) is 108 Å². The molecular formula is C28H37N3O5S. The van der Waals surface area contributed by atoms with Gasteiger partial charge in [-0.3, -0.25) is 9.59 Å². The number of alkyl carbamates (subject to hydrolysis) is 1. The number of aryl methyl sites for hydroxylation is 1. The number of carbonyl (C=O) groups excluding carboxylic acids is 3. The summed E-state index contributed by atoms with van der Waals surface area (Å²) in [4.78, 5) is 42.1. The van der Waals surface area contributed by atoms with Crippen LogP contribution in [0.15, 0.2) is 48.5 Å². The lowest BCUT2D eigenvalue weighted by Crippen LogP contribution is -2.53. The lowest BCUT2D eigenvalue weighted by molar-refractivity contribution is -0.141. The molecule has 200 valence electrons. The zero-order valence-electron chi connectivity index (χ0n) is 22.1. The maximum Gasteiger partial charge on any atom is 0.408 e. The highest BCUT2D eigenvalue weighted by Gasteiger charge is 2.44. The first-order chi connectivity index (χ1) is 17.5. The molecule has 0 heterocycles. The Bertz CT molecular complexity index is 1100. The number of nitrogens with zero attached hydrogens (tertiary/aromatic N) is 1. The van der Waals surface area contributed by atoms with Gasteiger partial charge in [0.05, 0.1) is 0 Å². The summed E-state index contributed by atoms with van der Waals surface area (Å²) >= 11 is 1.57. The summed E-state index contributed by atoms with van der Waals surface area (Å²) in [6.07, 6.45) is 3.18. The maximum atomic E-state index is 14.1. The van der Waals surface area contributed by atoms with Crippen molar-refractivity contribution < 1.29 is 24.2 Å². The third-order valence-electron chi connectivity index (χ3n) is 5.93. The molecular weight excluding hydrogens is 490 g/mol. The number of amides is 3. The fraction of sp³-hybridized carbons (Fsp3) is 0.464. The van der Waals surface area contributed by atoms with E-state index >= 15 is 0 Å². The molecule has 0 bridgehead atoms. The summed E-state index contributed by atoms with van der Waals surface area (Å²) in [6, 6.07) is 11.8. The second-order valence-electron chi connectivity index (χ2n) is 10.3. The number of hydrogen-bond acceptors (Lipinski definition) is 6. The van der Waals surface area contributed by atoms with Crippen LogP contribution in [0.1, 0.15) is 57.2 Å². The van der Waals surface area contributed by atoms with Gasteiger partial charge in [-0.1, -0.05) is 30.3 Å².